The van der Waals surface area contributed by atoms with Gasteiger partial charge in [0.1, 0.15) is 5.75 Å². The van der Waals surface area contributed by atoms with Gasteiger partial charge in [-0.2, -0.15) is 0 Å². The molecular weight excluding hydrogens is 234 g/mol. The summed E-state index contributed by atoms with van der Waals surface area (Å²) in [5, 5.41) is 0. The van der Waals surface area contributed by atoms with Crippen LogP contribution in [-0.4, -0.2) is 7.11 Å². The second kappa shape index (κ2) is 5.96. The van der Waals surface area contributed by atoms with Crippen LogP contribution in [0.3, 0.4) is 0 Å². The molecule has 0 spiro atoms. The lowest BCUT2D eigenvalue weighted by atomic mass is 9.69. The highest BCUT2D eigenvalue weighted by atomic mass is 16.5. The van der Waals surface area contributed by atoms with Gasteiger partial charge in [-0.15, -0.1) is 0 Å². The van der Waals surface area contributed by atoms with Crippen molar-refractivity contribution in [1.82, 2.24) is 0 Å². The summed E-state index contributed by atoms with van der Waals surface area (Å²) >= 11 is 0. The van der Waals surface area contributed by atoms with Crippen LogP contribution in [-0.2, 0) is 5.54 Å². The fourth-order valence-corrected chi connectivity index (χ4v) is 3.40. The van der Waals surface area contributed by atoms with Crippen LogP contribution >= 0.6 is 0 Å². The molecule has 2 rings (SSSR count). The molecule has 2 N–H and O–H groups in total. The molecule has 0 bridgehead atoms. The van der Waals surface area contributed by atoms with E-state index in [1.807, 2.05) is 12.1 Å². The van der Waals surface area contributed by atoms with E-state index in [4.69, 9.17) is 10.5 Å². The Kier molecular flexibility index (Phi) is 4.51. The predicted octanol–water partition coefficient (Wildman–Crippen LogP) is 4.09. The summed E-state index contributed by atoms with van der Waals surface area (Å²) in [5.74, 6) is 2.34. The van der Waals surface area contributed by atoms with E-state index in [1.165, 1.54) is 37.7 Å². The Morgan fingerprint density at radius 1 is 1.37 bits per heavy atom. The third-order valence-electron chi connectivity index (χ3n) is 4.90. The summed E-state index contributed by atoms with van der Waals surface area (Å²) in [4.78, 5) is 0. The molecule has 0 saturated heterocycles. The quantitative estimate of drug-likeness (QED) is 0.886. The van der Waals surface area contributed by atoms with Crippen molar-refractivity contribution in [2.75, 3.05) is 7.11 Å². The second-order valence-corrected chi connectivity index (χ2v) is 6.15. The third-order valence-corrected chi connectivity index (χ3v) is 4.90. The molecule has 3 atom stereocenters. The van der Waals surface area contributed by atoms with Crippen molar-refractivity contribution >= 4 is 0 Å². The van der Waals surface area contributed by atoms with Crippen LogP contribution in [0.15, 0.2) is 24.3 Å². The number of hydrogen-bond donors (Lipinski definition) is 1. The lowest BCUT2D eigenvalue weighted by Crippen LogP contribution is -2.43. The van der Waals surface area contributed by atoms with E-state index in [2.05, 4.69) is 26.0 Å². The zero-order chi connectivity index (χ0) is 13.9. The van der Waals surface area contributed by atoms with Gasteiger partial charge in [-0.1, -0.05) is 38.3 Å². The van der Waals surface area contributed by atoms with Gasteiger partial charge in [0.05, 0.1) is 7.11 Å². The number of nitrogens with two attached hydrogens (primary N) is 1. The molecule has 1 aromatic rings. The molecule has 0 aliphatic heterocycles. The van der Waals surface area contributed by atoms with Crippen LogP contribution in [0.5, 0.6) is 5.75 Å². The number of hydrogen-bond acceptors (Lipinski definition) is 2. The molecule has 3 unspecified atom stereocenters. The molecular formula is C17H27NO. The summed E-state index contributed by atoms with van der Waals surface area (Å²) in [6.07, 6.45) is 6.49. The van der Waals surface area contributed by atoms with Crippen molar-refractivity contribution in [3.8, 4) is 5.75 Å². The van der Waals surface area contributed by atoms with Gasteiger partial charge in [-0.3, -0.25) is 0 Å². The SMILES string of the molecule is CCC1CCCC(C(C)(N)c2cccc(OC)c2)C1. The minimum Gasteiger partial charge on any atom is -0.497 e. The van der Waals surface area contributed by atoms with Crippen LogP contribution in [0.1, 0.15) is 51.5 Å². The van der Waals surface area contributed by atoms with E-state index in [-0.39, 0.29) is 5.54 Å². The van der Waals surface area contributed by atoms with Crippen molar-refractivity contribution in [2.24, 2.45) is 17.6 Å². The first-order valence-electron chi connectivity index (χ1n) is 7.51. The highest BCUT2D eigenvalue weighted by Gasteiger charge is 2.35. The molecule has 19 heavy (non-hydrogen) atoms. The fraction of sp³-hybridized carbons (Fsp3) is 0.647. The maximum absolute atomic E-state index is 6.70. The highest BCUT2D eigenvalue weighted by molar-refractivity contribution is 5.33. The van der Waals surface area contributed by atoms with Crippen molar-refractivity contribution in [1.29, 1.82) is 0 Å². The van der Waals surface area contributed by atoms with Crippen LogP contribution in [0.4, 0.5) is 0 Å². The number of rotatable bonds is 4. The van der Waals surface area contributed by atoms with E-state index in [0.29, 0.717) is 5.92 Å². The average molecular weight is 261 g/mol. The zero-order valence-electron chi connectivity index (χ0n) is 12.5. The largest absolute Gasteiger partial charge is 0.497 e. The van der Waals surface area contributed by atoms with E-state index in [0.717, 1.165) is 11.7 Å². The van der Waals surface area contributed by atoms with E-state index >= 15 is 0 Å². The van der Waals surface area contributed by atoms with Gasteiger partial charge in [0.15, 0.2) is 0 Å². The monoisotopic (exact) mass is 261 g/mol. The Morgan fingerprint density at radius 2 is 2.16 bits per heavy atom. The first-order chi connectivity index (χ1) is 9.07. The van der Waals surface area contributed by atoms with Gasteiger partial charge in [0.2, 0.25) is 0 Å². The minimum absolute atomic E-state index is 0.248. The maximum Gasteiger partial charge on any atom is 0.119 e. The molecule has 2 nitrogen and oxygen atoms in total. The topological polar surface area (TPSA) is 35.2 Å². The first kappa shape index (κ1) is 14.4. The van der Waals surface area contributed by atoms with Crippen molar-refractivity contribution in [3.05, 3.63) is 29.8 Å². The molecule has 1 aromatic carbocycles. The Bertz CT molecular complexity index is 413. The first-order valence-corrected chi connectivity index (χ1v) is 7.51. The van der Waals surface area contributed by atoms with Gasteiger partial charge in [0.25, 0.3) is 0 Å². The normalized spacial score (nSPS) is 26.7. The summed E-state index contributed by atoms with van der Waals surface area (Å²) in [5.41, 5.74) is 7.65. The lowest BCUT2D eigenvalue weighted by Gasteiger charge is -2.40. The standard InChI is InChI=1S/C17H27NO/c1-4-13-7-5-8-14(11-13)17(2,18)15-9-6-10-16(12-15)19-3/h6,9-10,12-14H,4-5,7-8,11,18H2,1-3H3. The Morgan fingerprint density at radius 3 is 2.84 bits per heavy atom. The van der Waals surface area contributed by atoms with Crippen molar-refractivity contribution in [2.45, 2.75) is 51.5 Å². The molecule has 1 saturated carbocycles. The zero-order valence-corrected chi connectivity index (χ0v) is 12.5. The number of benzene rings is 1. The molecule has 0 radical (unpaired) electrons. The van der Waals surface area contributed by atoms with E-state index in [1.54, 1.807) is 7.11 Å². The van der Waals surface area contributed by atoms with E-state index < -0.39 is 0 Å². The molecule has 1 aliphatic rings. The van der Waals surface area contributed by atoms with Crippen molar-refractivity contribution < 1.29 is 4.74 Å². The molecule has 0 heterocycles. The van der Waals surface area contributed by atoms with Gasteiger partial charge >= 0.3 is 0 Å². The van der Waals surface area contributed by atoms with Gasteiger partial charge in [-0.25, -0.2) is 0 Å². The summed E-state index contributed by atoms with van der Waals surface area (Å²) in [7, 11) is 1.71. The highest BCUT2D eigenvalue weighted by Crippen LogP contribution is 2.41. The van der Waals surface area contributed by atoms with Crippen molar-refractivity contribution in [3.63, 3.8) is 0 Å². The molecule has 2 heteroatoms. The predicted molar refractivity (Wildman–Crippen MR) is 80.3 cm³/mol. The van der Waals surface area contributed by atoms with Gasteiger partial charge in [0, 0.05) is 5.54 Å². The van der Waals surface area contributed by atoms with Gasteiger partial charge < -0.3 is 10.5 Å². The second-order valence-electron chi connectivity index (χ2n) is 6.15. The van der Waals surface area contributed by atoms with Gasteiger partial charge in [-0.05, 0) is 49.3 Å². The summed E-state index contributed by atoms with van der Waals surface area (Å²) in [6, 6.07) is 8.25. The molecule has 0 amide bonds. The lowest BCUT2D eigenvalue weighted by molar-refractivity contribution is 0.173. The Balaban J connectivity index is 2.20. The Labute approximate surface area is 117 Å². The average Bonchev–Trinajstić information content (AvgIpc) is 2.47. The molecule has 1 fully saturated rings. The van der Waals surface area contributed by atoms with Crippen LogP contribution < -0.4 is 10.5 Å². The third kappa shape index (κ3) is 3.11. The van der Waals surface area contributed by atoms with Crippen LogP contribution in [0.2, 0.25) is 0 Å². The smallest absolute Gasteiger partial charge is 0.119 e. The minimum atomic E-state index is -0.248. The molecule has 1 aliphatic carbocycles. The number of methoxy groups -OCH3 is 1. The van der Waals surface area contributed by atoms with Crippen LogP contribution in [0, 0.1) is 11.8 Å². The maximum atomic E-state index is 6.70. The Hall–Kier alpha value is -1.02. The fourth-order valence-electron chi connectivity index (χ4n) is 3.40. The van der Waals surface area contributed by atoms with E-state index in [9.17, 15) is 0 Å². The summed E-state index contributed by atoms with van der Waals surface area (Å²) < 4.78 is 5.32. The molecule has 0 aromatic heterocycles. The summed E-state index contributed by atoms with van der Waals surface area (Å²) in [6.45, 7) is 4.48. The number of ether oxygens (including phenoxy) is 1. The molecule has 106 valence electrons. The van der Waals surface area contributed by atoms with Crippen LogP contribution in [0.25, 0.3) is 0 Å².